The third kappa shape index (κ3) is 7.14. The van der Waals surface area contributed by atoms with E-state index in [4.69, 9.17) is 5.11 Å². The lowest BCUT2D eigenvalue weighted by molar-refractivity contribution is -0.142. The molecule has 0 aromatic carbocycles. The van der Waals surface area contributed by atoms with Crippen LogP contribution in [0.4, 0.5) is 4.79 Å². The SMILES string of the molecule is CC(C)CC(C)NC(=O)NCC(C(=O)O)C(C)C. The number of amides is 2. The van der Waals surface area contributed by atoms with Gasteiger partial charge in [-0.3, -0.25) is 4.79 Å². The molecule has 3 N–H and O–H groups in total. The minimum absolute atomic E-state index is 0.00381. The summed E-state index contributed by atoms with van der Waals surface area (Å²) >= 11 is 0. The Labute approximate surface area is 109 Å². The minimum atomic E-state index is -0.875. The first kappa shape index (κ1) is 16.7. The van der Waals surface area contributed by atoms with Crippen molar-refractivity contribution in [2.24, 2.45) is 17.8 Å². The molecule has 0 aliphatic heterocycles. The summed E-state index contributed by atoms with van der Waals surface area (Å²) in [5, 5.41) is 14.4. The number of aliphatic carboxylic acids is 1. The highest BCUT2D eigenvalue weighted by molar-refractivity contribution is 5.76. The van der Waals surface area contributed by atoms with E-state index in [1.54, 1.807) is 0 Å². The predicted octanol–water partition coefficient (Wildman–Crippen LogP) is 2.08. The average Bonchev–Trinajstić information content (AvgIpc) is 2.14. The number of carbonyl (C=O) groups excluding carboxylic acids is 1. The van der Waals surface area contributed by atoms with Crippen molar-refractivity contribution in [1.29, 1.82) is 0 Å². The largest absolute Gasteiger partial charge is 0.481 e. The minimum Gasteiger partial charge on any atom is -0.481 e. The standard InChI is InChI=1S/C13H26N2O3/c1-8(2)6-10(5)15-13(18)14-7-11(9(3)4)12(16)17/h8-11H,6-7H2,1-5H3,(H,16,17)(H2,14,15,18). The van der Waals surface area contributed by atoms with Gasteiger partial charge in [0, 0.05) is 12.6 Å². The van der Waals surface area contributed by atoms with Crippen molar-refractivity contribution in [3.63, 3.8) is 0 Å². The summed E-state index contributed by atoms with van der Waals surface area (Å²) in [4.78, 5) is 22.5. The van der Waals surface area contributed by atoms with E-state index in [2.05, 4.69) is 24.5 Å². The first-order chi connectivity index (χ1) is 8.23. The van der Waals surface area contributed by atoms with E-state index in [1.807, 2.05) is 20.8 Å². The Bertz CT molecular complexity index is 277. The normalized spacial score (nSPS) is 14.4. The Morgan fingerprint density at radius 1 is 1.11 bits per heavy atom. The zero-order chi connectivity index (χ0) is 14.3. The van der Waals surface area contributed by atoms with E-state index < -0.39 is 11.9 Å². The Hall–Kier alpha value is -1.26. The molecule has 5 heteroatoms. The van der Waals surface area contributed by atoms with Gasteiger partial charge in [-0.05, 0) is 25.2 Å². The molecule has 0 spiro atoms. The summed E-state index contributed by atoms with van der Waals surface area (Å²) in [6.45, 7) is 9.95. The number of rotatable bonds is 7. The molecule has 0 bridgehead atoms. The number of carboxylic acid groups (broad SMARTS) is 1. The molecule has 0 aliphatic rings. The summed E-state index contributed by atoms with van der Waals surface area (Å²) in [7, 11) is 0. The lowest BCUT2D eigenvalue weighted by atomic mass is 9.96. The van der Waals surface area contributed by atoms with Gasteiger partial charge in [0.1, 0.15) is 0 Å². The van der Waals surface area contributed by atoms with Gasteiger partial charge in [0.15, 0.2) is 0 Å². The Morgan fingerprint density at radius 2 is 1.67 bits per heavy atom. The third-order valence-corrected chi connectivity index (χ3v) is 2.81. The maximum Gasteiger partial charge on any atom is 0.315 e. The van der Waals surface area contributed by atoms with Gasteiger partial charge in [0.25, 0.3) is 0 Å². The van der Waals surface area contributed by atoms with Crippen molar-refractivity contribution >= 4 is 12.0 Å². The number of nitrogens with one attached hydrogen (secondary N) is 2. The molecular formula is C13H26N2O3. The van der Waals surface area contributed by atoms with E-state index >= 15 is 0 Å². The van der Waals surface area contributed by atoms with Crippen LogP contribution < -0.4 is 10.6 Å². The zero-order valence-corrected chi connectivity index (χ0v) is 12.0. The summed E-state index contributed by atoms with van der Waals surface area (Å²) in [6, 6.07) is -0.206. The fraction of sp³-hybridized carbons (Fsp3) is 0.846. The fourth-order valence-electron chi connectivity index (χ4n) is 1.85. The molecule has 0 aromatic rings. The first-order valence-corrected chi connectivity index (χ1v) is 6.51. The van der Waals surface area contributed by atoms with Crippen LogP contribution in [0.2, 0.25) is 0 Å². The molecule has 2 unspecified atom stereocenters. The molecule has 0 heterocycles. The molecule has 0 fully saturated rings. The van der Waals surface area contributed by atoms with Crippen LogP contribution in [0.25, 0.3) is 0 Å². The summed E-state index contributed by atoms with van der Waals surface area (Å²) < 4.78 is 0. The van der Waals surface area contributed by atoms with E-state index in [1.165, 1.54) is 0 Å². The summed E-state index contributed by atoms with van der Waals surface area (Å²) in [5.74, 6) is -0.907. The van der Waals surface area contributed by atoms with Crippen molar-refractivity contribution in [2.75, 3.05) is 6.54 Å². The average molecular weight is 258 g/mol. The monoisotopic (exact) mass is 258 g/mol. The predicted molar refractivity (Wildman–Crippen MR) is 71.4 cm³/mol. The van der Waals surface area contributed by atoms with E-state index in [0.717, 1.165) is 6.42 Å². The summed E-state index contributed by atoms with van der Waals surface area (Å²) in [5.41, 5.74) is 0. The molecule has 2 atom stereocenters. The molecule has 0 rings (SSSR count). The molecule has 0 saturated heterocycles. The van der Waals surface area contributed by atoms with Crippen molar-refractivity contribution in [2.45, 2.75) is 47.1 Å². The van der Waals surface area contributed by atoms with Gasteiger partial charge < -0.3 is 15.7 Å². The lowest BCUT2D eigenvalue weighted by Crippen LogP contribution is -2.44. The quantitative estimate of drug-likeness (QED) is 0.654. The fourth-order valence-corrected chi connectivity index (χ4v) is 1.85. The van der Waals surface area contributed by atoms with Crippen molar-refractivity contribution in [3.8, 4) is 0 Å². The third-order valence-electron chi connectivity index (χ3n) is 2.81. The molecule has 2 amide bonds. The Morgan fingerprint density at radius 3 is 2.06 bits per heavy atom. The molecule has 0 radical (unpaired) electrons. The van der Waals surface area contributed by atoms with E-state index in [-0.39, 0.29) is 24.5 Å². The van der Waals surface area contributed by atoms with Crippen LogP contribution in [0.5, 0.6) is 0 Å². The molecular weight excluding hydrogens is 232 g/mol. The number of carbonyl (C=O) groups is 2. The zero-order valence-electron chi connectivity index (χ0n) is 12.0. The lowest BCUT2D eigenvalue weighted by Gasteiger charge is -2.19. The Kier molecular flexibility index (Phi) is 7.39. The topological polar surface area (TPSA) is 78.4 Å². The van der Waals surface area contributed by atoms with Crippen molar-refractivity contribution in [3.05, 3.63) is 0 Å². The molecule has 5 nitrogen and oxygen atoms in total. The Balaban J connectivity index is 4.05. The van der Waals surface area contributed by atoms with Crippen LogP contribution in [-0.2, 0) is 4.79 Å². The van der Waals surface area contributed by atoms with Gasteiger partial charge in [-0.15, -0.1) is 0 Å². The van der Waals surface area contributed by atoms with Gasteiger partial charge in [-0.25, -0.2) is 4.79 Å². The number of hydrogen-bond acceptors (Lipinski definition) is 2. The highest BCUT2D eigenvalue weighted by Crippen LogP contribution is 2.09. The van der Waals surface area contributed by atoms with Crippen molar-refractivity contribution in [1.82, 2.24) is 10.6 Å². The number of hydrogen-bond donors (Lipinski definition) is 3. The molecule has 18 heavy (non-hydrogen) atoms. The second-order valence-electron chi connectivity index (χ2n) is 5.57. The van der Waals surface area contributed by atoms with Gasteiger partial charge in [0.2, 0.25) is 0 Å². The van der Waals surface area contributed by atoms with Crippen LogP contribution in [0, 0.1) is 17.8 Å². The van der Waals surface area contributed by atoms with Gasteiger partial charge in [-0.2, -0.15) is 0 Å². The second kappa shape index (κ2) is 7.95. The van der Waals surface area contributed by atoms with Crippen LogP contribution in [0.3, 0.4) is 0 Å². The molecule has 106 valence electrons. The highest BCUT2D eigenvalue weighted by Gasteiger charge is 2.22. The van der Waals surface area contributed by atoms with Gasteiger partial charge in [-0.1, -0.05) is 27.7 Å². The smallest absolute Gasteiger partial charge is 0.315 e. The van der Waals surface area contributed by atoms with Crippen LogP contribution in [0.15, 0.2) is 0 Å². The van der Waals surface area contributed by atoms with Crippen LogP contribution in [0.1, 0.15) is 41.0 Å². The highest BCUT2D eigenvalue weighted by atomic mass is 16.4. The second-order valence-corrected chi connectivity index (χ2v) is 5.57. The first-order valence-electron chi connectivity index (χ1n) is 6.51. The van der Waals surface area contributed by atoms with E-state index in [0.29, 0.717) is 5.92 Å². The van der Waals surface area contributed by atoms with Gasteiger partial charge in [0.05, 0.1) is 5.92 Å². The van der Waals surface area contributed by atoms with Gasteiger partial charge >= 0.3 is 12.0 Å². The molecule has 0 aromatic heterocycles. The number of urea groups is 1. The maximum absolute atomic E-state index is 11.6. The van der Waals surface area contributed by atoms with Crippen molar-refractivity contribution < 1.29 is 14.7 Å². The molecule has 0 aliphatic carbocycles. The van der Waals surface area contributed by atoms with Crippen LogP contribution >= 0.6 is 0 Å². The maximum atomic E-state index is 11.6. The number of carboxylic acids is 1. The molecule has 0 saturated carbocycles. The summed E-state index contributed by atoms with van der Waals surface area (Å²) in [6.07, 6.45) is 0.903. The van der Waals surface area contributed by atoms with Crippen LogP contribution in [-0.4, -0.2) is 29.7 Å². The van der Waals surface area contributed by atoms with E-state index in [9.17, 15) is 9.59 Å².